The van der Waals surface area contributed by atoms with Crippen LogP contribution in [-0.2, 0) is 0 Å². The molecule has 1 heterocycles. The van der Waals surface area contributed by atoms with Gasteiger partial charge in [-0.05, 0) is 117 Å². The fourth-order valence-electron chi connectivity index (χ4n) is 9.03. The van der Waals surface area contributed by atoms with Crippen LogP contribution in [0.15, 0.2) is 224 Å². The summed E-state index contributed by atoms with van der Waals surface area (Å²) >= 11 is 0. The number of fused-ring (bicyclic) bond motifs is 6. The maximum atomic E-state index is 2.46. The van der Waals surface area contributed by atoms with Gasteiger partial charge >= 0.3 is 0 Å². The predicted molar refractivity (Wildman–Crippen MR) is 239 cm³/mol. The second kappa shape index (κ2) is 13.7. The number of rotatable bonds is 7. The molecule has 2 heteroatoms. The standard InChI is InChI=1S/C55H38N2/c1-4-14-38(15-5-1)40-24-29-44(30-25-40)56(45-31-26-41(27-32-45)39-16-6-2-7-17-39)46-33-35-54-52(37-46)51-36-42(28-34-53(51)57(54)43-18-8-3-9-19-43)55-49-22-12-10-20-47(49)48-21-11-13-23-50(48)55/h1-37,55H. The second-order valence-electron chi connectivity index (χ2n) is 14.9. The van der Waals surface area contributed by atoms with Gasteiger partial charge < -0.3 is 9.47 Å². The number of benzene rings is 9. The number of aromatic nitrogens is 1. The van der Waals surface area contributed by atoms with E-state index in [1.807, 2.05) is 0 Å². The lowest BCUT2D eigenvalue weighted by Crippen LogP contribution is -2.10. The minimum absolute atomic E-state index is 0.169. The first-order valence-corrected chi connectivity index (χ1v) is 19.7. The Bertz CT molecular complexity index is 2910. The zero-order valence-electron chi connectivity index (χ0n) is 31.3. The van der Waals surface area contributed by atoms with Crippen LogP contribution in [0.3, 0.4) is 0 Å². The molecular formula is C55H38N2. The Kier molecular flexibility index (Phi) is 7.93. The summed E-state index contributed by atoms with van der Waals surface area (Å²) in [6, 6.07) is 81.8. The zero-order valence-corrected chi connectivity index (χ0v) is 31.3. The van der Waals surface area contributed by atoms with Crippen molar-refractivity contribution in [2.75, 3.05) is 4.90 Å². The van der Waals surface area contributed by atoms with E-state index in [1.54, 1.807) is 0 Å². The van der Waals surface area contributed by atoms with Gasteiger partial charge in [-0.1, -0.05) is 158 Å². The number of hydrogen-bond acceptors (Lipinski definition) is 1. The molecule has 1 aliphatic carbocycles. The van der Waals surface area contributed by atoms with Gasteiger partial charge in [0.15, 0.2) is 0 Å². The highest BCUT2D eigenvalue weighted by Gasteiger charge is 2.30. The molecule has 0 unspecified atom stereocenters. The Balaban J connectivity index is 1.11. The topological polar surface area (TPSA) is 8.17 Å². The molecule has 1 aromatic heterocycles. The van der Waals surface area contributed by atoms with Gasteiger partial charge in [0.2, 0.25) is 0 Å². The largest absolute Gasteiger partial charge is 0.310 e. The van der Waals surface area contributed by atoms with Gasteiger partial charge in [-0.25, -0.2) is 0 Å². The van der Waals surface area contributed by atoms with Crippen LogP contribution in [0.2, 0.25) is 0 Å². The van der Waals surface area contributed by atoms with Crippen LogP contribution in [0.4, 0.5) is 17.1 Å². The fraction of sp³-hybridized carbons (Fsp3) is 0.0182. The average molecular weight is 727 g/mol. The third kappa shape index (κ3) is 5.65. The molecule has 2 nitrogen and oxygen atoms in total. The number of hydrogen-bond donors (Lipinski definition) is 0. The predicted octanol–water partition coefficient (Wildman–Crippen LogP) is 14.7. The molecule has 1 aliphatic rings. The van der Waals surface area contributed by atoms with E-state index in [2.05, 4.69) is 234 Å². The van der Waals surface area contributed by atoms with E-state index >= 15 is 0 Å². The highest BCUT2D eigenvalue weighted by molar-refractivity contribution is 6.11. The summed E-state index contributed by atoms with van der Waals surface area (Å²) in [5.41, 5.74) is 18.4. The lowest BCUT2D eigenvalue weighted by atomic mass is 9.88. The van der Waals surface area contributed by atoms with Crippen LogP contribution < -0.4 is 4.90 Å². The molecule has 0 aliphatic heterocycles. The van der Waals surface area contributed by atoms with Crippen molar-refractivity contribution in [1.29, 1.82) is 0 Å². The summed E-state index contributed by atoms with van der Waals surface area (Å²) in [4.78, 5) is 2.39. The van der Waals surface area contributed by atoms with Crippen LogP contribution in [-0.4, -0.2) is 4.57 Å². The second-order valence-corrected chi connectivity index (χ2v) is 14.9. The van der Waals surface area contributed by atoms with Gasteiger partial charge in [-0.3, -0.25) is 0 Å². The van der Waals surface area contributed by atoms with Gasteiger partial charge in [0.25, 0.3) is 0 Å². The minimum Gasteiger partial charge on any atom is -0.310 e. The first-order chi connectivity index (χ1) is 28.3. The quantitative estimate of drug-likeness (QED) is 0.159. The zero-order chi connectivity index (χ0) is 37.7. The Hall–Kier alpha value is -7.42. The molecule has 9 aromatic carbocycles. The van der Waals surface area contributed by atoms with Crippen LogP contribution in [0.25, 0.3) is 60.9 Å². The van der Waals surface area contributed by atoms with E-state index in [1.165, 1.54) is 71.9 Å². The van der Waals surface area contributed by atoms with Crippen LogP contribution in [0, 0.1) is 0 Å². The van der Waals surface area contributed by atoms with Crippen LogP contribution >= 0.6 is 0 Å². The fourth-order valence-corrected chi connectivity index (χ4v) is 9.03. The Morgan fingerprint density at radius 2 is 0.754 bits per heavy atom. The maximum absolute atomic E-state index is 2.46. The molecule has 11 rings (SSSR count). The summed E-state index contributed by atoms with van der Waals surface area (Å²) in [6.07, 6.45) is 0. The van der Waals surface area contributed by atoms with E-state index in [4.69, 9.17) is 0 Å². The first kappa shape index (κ1) is 33.0. The van der Waals surface area contributed by atoms with Crippen molar-refractivity contribution in [3.05, 3.63) is 241 Å². The monoisotopic (exact) mass is 726 g/mol. The molecule has 0 saturated carbocycles. The maximum Gasteiger partial charge on any atom is 0.0542 e. The molecule has 0 fully saturated rings. The van der Waals surface area contributed by atoms with Gasteiger partial charge in [0, 0.05) is 39.4 Å². The number of nitrogens with zero attached hydrogens (tertiary/aromatic N) is 2. The highest BCUT2D eigenvalue weighted by Crippen LogP contribution is 2.49. The summed E-state index contributed by atoms with van der Waals surface area (Å²) in [5, 5.41) is 2.47. The van der Waals surface area contributed by atoms with Crippen molar-refractivity contribution in [1.82, 2.24) is 4.57 Å². The molecule has 0 radical (unpaired) electrons. The third-order valence-corrected chi connectivity index (χ3v) is 11.7. The van der Waals surface area contributed by atoms with Crippen molar-refractivity contribution in [2.24, 2.45) is 0 Å². The molecule has 0 bridgehead atoms. The van der Waals surface area contributed by atoms with Crippen molar-refractivity contribution < 1.29 is 0 Å². The highest BCUT2D eigenvalue weighted by atomic mass is 15.1. The summed E-state index contributed by atoms with van der Waals surface area (Å²) in [7, 11) is 0. The minimum atomic E-state index is 0.169. The van der Waals surface area contributed by atoms with E-state index in [-0.39, 0.29) is 5.92 Å². The van der Waals surface area contributed by atoms with Crippen molar-refractivity contribution in [3.63, 3.8) is 0 Å². The molecule has 0 saturated heterocycles. The van der Waals surface area contributed by atoms with Crippen molar-refractivity contribution in [3.8, 4) is 39.1 Å². The Morgan fingerprint density at radius 1 is 0.333 bits per heavy atom. The SMILES string of the molecule is c1ccc(-c2ccc(N(c3ccc(-c4ccccc4)cc3)c3ccc4c(c3)c3cc(C5c6ccccc6-c6ccccc65)ccc3n4-c3ccccc3)cc2)cc1. The summed E-state index contributed by atoms with van der Waals surface area (Å²) in [5.74, 6) is 0.169. The van der Waals surface area contributed by atoms with Crippen LogP contribution in [0.5, 0.6) is 0 Å². The van der Waals surface area contributed by atoms with Gasteiger partial charge in [-0.2, -0.15) is 0 Å². The van der Waals surface area contributed by atoms with Gasteiger partial charge in [-0.15, -0.1) is 0 Å². The third-order valence-electron chi connectivity index (χ3n) is 11.7. The molecule has 0 N–H and O–H groups in total. The van der Waals surface area contributed by atoms with Crippen LogP contribution in [0.1, 0.15) is 22.6 Å². The van der Waals surface area contributed by atoms with Gasteiger partial charge in [0.1, 0.15) is 0 Å². The normalized spacial score (nSPS) is 12.1. The molecule has 57 heavy (non-hydrogen) atoms. The molecule has 268 valence electrons. The van der Waals surface area contributed by atoms with Crippen molar-refractivity contribution >= 4 is 38.9 Å². The average Bonchev–Trinajstić information content (AvgIpc) is 3.80. The molecule has 0 spiro atoms. The Labute approximate surface area is 333 Å². The molecular weight excluding hydrogens is 689 g/mol. The summed E-state index contributed by atoms with van der Waals surface area (Å²) in [6.45, 7) is 0. The molecule has 10 aromatic rings. The van der Waals surface area contributed by atoms with Crippen molar-refractivity contribution in [2.45, 2.75) is 5.92 Å². The van der Waals surface area contributed by atoms with E-state index in [0.29, 0.717) is 0 Å². The smallest absolute Gasteiger partial charge is 0.0542 e. The molecule has 0 atom stereocenters. The lowest BCUT2D eigenvalue weighted by molar-refractivity contribution is 1.02. The van der Waals surface area contributed by atoms with E-state index < -0.39 is 0 Å². The van der Waals surface area contributed by atoms with E-state index in [9.17, 15) is 0 Å². The Morgan fingerprint density at radius 3 is 1.30 bits per heavy atom. The first-order valence-electron chi connectivity index (χ1n) is 19.7. The summed E-state index contributed by atoms with van der Waals surface area (Å²) < 4.78 is 2.42. The molecule has 0 amide bonds. The van der Waals surface area contributed by atoms with E-state index in [0.717, 1.165) is 22.7 Å². The lowest BCUT2D eigenvalue weighted by Gasteiger charge is -2.26. The van der Waals surface area contributed by atoms with Gasteiger partial charge in [0.05, 0.1) is 11.0 Å². The number of para-hydroxylation sites is 1. The number of anilines is 3.